The van der Waals surface area contributed by atoms with E-state index in [9.17, 15) is 15.2 Å². The summed E-state index contributed by atoms with van der Waals surface area (Å²) in [6.07, 6.45) is 2.33. The van der Waals surface area contributed by atoms with E-state index in [1.54, 1.807) is 12.1 Å². The molecule has 2 heterocycles. The van der Waals surface area contributed by atoms with Crippen LogP contribution < -0.4 is 10.2 Å². The number of hydrogen-bond acceptors (Lipinski definition) is 7. The SMILES string of the molecule is CC(C)Oc1ccc(C2N=C(c3cccc4c3CC[C@@]43CCN(CC(=O)O)C3)NO2)cc1C#N. The zero-order valence-corrected chi connectivity index (χ0v) is 19.4. The van der Waals surface area contributed by atoms with Gasteiger partial charge in [0, 0.05) is 23.1 Å². The lowest BCUT2D eigenvalue weighted by atomic mass is 9.81. The van der Waals surface area contributed by atoms with Gasteiger partial charge in [0.15, 0.2) is 5.84 Å². The number of aliphatic imine (C=N–C) groups is 1. The molecule has 0 radical (unpaired) electrons. The number of nitrogens with zero attached hydrogens (tertiary/aromatic N) is 3. The molecule has 2 aliphatic heterocycles. The van der Waals surface area contributed by atoms with Crippen molar-refractivity contribution in [1.29, 1.82) is 5.26 Å². The summed E-state index contributed by atoms with van der Waals surface area (Å²) in [6.45, 7) is 5.52. The summed E-state index contributed by atoms with van der Waals surface area (Å²) in [5.41, 5.74) is 7.81. The zero-order chi connectivity index (χ0) is 23.9. The third-order valence-electron chi connectivity index (χ3n) is 6.93. The number of amidine groups is 1. The first kappa shape index (κ1) is 22.4. The fourth-order valence-corrected chi connectivity index (χ4v) is 5.48. The van der Waals surface area contributed by atoms with Crippen LogP contribution in [0.1, 0.15) is 60.7 Å². The van der Waals surface area contributed by atoms with E-state index >= 15 is 0 Å². The van der Waals surface area contributed by atoms with E-state index in [4.69, 9.17) is 14.6 Å². The van der Waals surface area contributed by atoms with Crippen LogP contribution in [-0.4, -0.2) is 47.5 Å². The minimum atomic E-state index is -0.778. The molecule has 5 rings (SSSR count). The molecule has 2 atom stereocenters. The van der Waals surface area contributed by atoms with Crippen LogP contribution in [0, 0.1) is 11.3 Å². The summed E-state index contributed by atoms with van der Waals surface area (Å²) >= 11 is 0. The van der Waals surface area contributed by atoms with E-state index in [1.807, 2.05) is 30.9 Å². The van der Waals surface area contributed by atoms with Crippen molar-refractivity contribution in [1.82, 2.24) is 10.4 Å². The lowest BCUT2D eigenvalue weighted by Gasteiger charge is -2.25. The van der Waals surface area contributed by atoms with E-state index in [1.165, 1.54) is 11.1 Å². The molecule has 2 aromatic carbocycles. The average Bonchev–Trinajstić information content (AvgIpc) is 3.53. The predicted octanol–water partition coefficient (Wildman–Crippen LogP) is 3.30. The fraction of sp³-hybridized carbons (Fsp3) is 0.423. The maximum absolute atomic E-state index is 11.2. The summed E-state index contributed by atoms with van der Waals surface area (Å²) in [5, 5.41) is 18.7. The van der Waals surface area contributed by atoms with Crippen LogP contribution >= 0.6 is 0 Å². The van der Waals surface area contributed by atoms with E-state index in [2.05, 4.69) is 23.7 Å². The Labute approximate surface area is 198 Å². The molecule has 34 heavy (non-hydrogen) atoms. The Hall–Kier alpha value is -3.41. The van der Waals surface area contributed by atoms with Gasteiger partial charge in [0.1, 0.15) is 11.8 Å². The van der Waals surface area contributed by atoms with E-state index in [-0.39, 0.29) is 18.1 Å². The lowest BCUT2D eigenvalue weighted by Crippen LogP contribution is -2.32. The second-order valence-electron chi connectivity index (χ2n) is 9.55. The van der Waals surface area contributed by atoms with Gasteiger partial charge in [-0.05, 0) is 62.9 Å². The van der Waals surface area contributed by atoms with E-state index in [0.29, 0.717) is 17.1 Å². The quantitative estimate of drug-likeness (QED) is 0.681. The number of ether oxygens (including phenoxy) is 1. The van der Waals surface area contributed by atoms with Gasteiger partial charge < -0.3 is 9.84 Å². The molecule has 0 aromatic heterocycles. The molecular weight excluding hydrogens is 432 g/mol. The Kier molecular flexibility index (Phi) is 5.76. The fourth-order valence-electron chi connectivity index (χ4n) is 5.48. The first-order valence-corrected chi connectivity index (χ1v) is 11.7. The van der Waals surface area contributed by atoms with Crippen LogP contribution in [0.15, 0.2) is 41.4 Å². The molecule has 0 bridgehead atoms. The van der Waals surface area contributed by atoms with Crippen molar-refractivity contribution >= 4 is 11.8 Å². The highest BCUT2D eigenvalue weighted by molar-refractivity contribution is 6.00. The minimum Gasteiger partial charge on any atom is -0.490 e. The Bertz CT molecular complexity index is 1200. The number of benzene rings is 2. The van der Waals surface area contributed by atoms with Gasteiger partial charge in [-0.2, -0.15) is 5.26 Å². The van der Waals surface area contributed by atoms with Gasteiger partial charge in [-0.15, -0.1) is 0 Å². The molecule has 176 valence electrons. The molecule has 0 amide bonds. The van der Waals surface area contributed by atoms with Gasteiger partial charge in [0.05, 0.1) is 18.2 Å². The molecule has 2 aromatic rings. The molecule has 1 fully saturated rings. The number of carboxylic acid groups (broad SMARTS) is 1. The molecule has 8 nitrogen and oxygen atoms in total. The Morgan fingerprint density at radius 2 is 2.24 bits per heavy atom. The molecule has 1 aliphatic carbocycles. The number of carboxylic acids is 1. The van der Waals surface area contributed by atoms with Crippen LogP contribution in [0.2, 0.25) is 0 Å². The van der Waals surface area contributed by atoms with Crippen LogP contribution in [0.25, 0.3) is 0 Å². The van der Waals surface area contributed by atoms with Crippen molar-refractivity contribution < 1.29 is 19.5 Å². The van der Waals surface area contributed by atoms with E-state index in [0.717, 1.165) is 43.5 Å². The maximum atomic E-state index is 11.2. The number of hydrogen-bond donors (Lipinski definition) is 2. The highest BCUT2D eigenvalue weighted by Gasteiger charge is 2.45. The van der Waals surface area contributed by atoms with Crippen LogP contribution in [0.3, 0.4) is 0 Å². The van der Waals surface area contributed by atoms with Crippen molar-refractivity contribution in [3.8, 4) is 11.8 Å². The molecule has 2 N–H and O–H groups in total. The molecular formula is C26H28N4O4. The predicted molar refractivity (Wildman–Crippen MR) is 126 cm³/mol. The van der Waals surface area contributed by atoms with Crippen LogP contribution in [0.5, 0.6) is 5.75 Å². The largest absolute Gasteiger partial charge is 0.490 e. The molecule has 1 saturated heterocycles. The smallest absolute Gasteiger partial charge is 0.317 e. The summed E-state index contributed by atoms with van der Waals surface area (Å²) in [4.78, 5) is 23.8. The van der Waals surface area contributed by atoms with Gasteiger partial charge in [-0.3, -0.25) is 9.69 Å². The first-order valence-electron chi connectivity index (χ1n) is 11.7. The number of carbonyl (C=O) groups is 1. The number of hydroxylamine groups is 1. The summed E-state index contributed by atoms with van der Waals surface area (Å²) in [7, 11) is 0. The lowest BCUT2D eigenvalue weighted by molar-refractivity contribution is -0.138. The van der Waals surface area contributed by atoms with Crippen molar-refractivity contribution in [3.63, 3.8) is 0 Å². The van der Waals surface area contributed by atoms with Crippen molar-refractivity contribution in [2.24, 2.45) is 4.99 Å². The number of rotatable bonds is 6. The van der Waals surface area contributed by atoms with Gasteiger partial charge in [-0.25, -0.2) is 15.3 Å². The monoisotopic (exact) mass is 460 g/mol. The molecule has 8 heteroatoms. The topological polar surface area (TPSA) is 107 Å². The number of nitrogens with one attached hydrogen (secondary N) is 1. The highest BCUT2D eigenvalue weighted by Crippen LogP contribution is 2.46. The standard InChI is InChI=1S/C26H28N4O4/c1-16(2)33-22-7-6-17(12-18(22)13-27)25-28-24(29-34-25)20-4-3-5-21-19(20)8-9-26(21)10-11-30(15-26)14-23(31)32/h3-7,12,16,25H,8-11,14-15H2,1-2H3,(H,28,29)(H,31,32)/t25?,26-/m0/s1. The maximum Gasteiger partial charge on any atom is 0.317 e. The van der Waals surface area contributed by atoms with Crippen LogP contribution in [-0.2, 0) is 21.5 Å². The van der Waals surface area contributed by atoms with Crippen LogP contribution in [0.4, 0.5) is 0 Å². The normalized spacial score (nSPS) is 23.6. The van der Waals surface area contributed by atoms with Gasteiger partial charge in [0.2, 0.25) is 6.23 Å². The second-order valence-corrected chi connectivity index (χ2v) is 9.55. The summed E-state index contributed by atoms with van der Waals surface area (Å²) < 4.78 is 5.72. The Balaban J connectivity index is 1.40. The third kappa shape index (κ3) is 4.02. The number of nitriles is 1. The van der Waals surface area contributed by atoms with Crippen molar-refractivity contribution in [3.05, 3.63) is 64.2 Å². The highest BCUT2D eigenvalue weighted by atomic mass is 16.7. The number of fused-ring (bicyclic) bond motifs is 2. The van der Waals surface area contributed by atoms with Gasteiger partial charge in [-0.1, -0.05) is 24.3 Å². The zero-order valence-electron chi connectivity index (χ0n) is 19.4. The number of likely N-dealkylation sites (tertiary alicyclic amines) is 1. The molecule has 1 spiro atoms. The van der Waals surface area contributed by atoms with Crippen molar-refractivity contribution in [2.75, 3.05) is 19.6 Å². The summed E-state index contributed by atoms with van der Waals surface area (Å²) in [5.74, 6) is 0.455. The van der Waals surface area contributed by atoms with Gasteiger partial charge >= 0.3 is 5.97 Å². The molecule has 1 unspecified atom stereocenters. The Morgan fingerprint density at radius 1 is 1.38 bits per heavy atom. The Morgan fingerprint density at radius 3 is 3.00 bits per heavy atom. The first-order chi connectivity index (χ1) is 16.4. The minimum absolute atomic E-state index is 0.00809. The van der Waals surface area contributed by atoms with Gasteiger partial charge in [0.25, 0.3) is 0 Å². The third-order valence-corrected chi connectivity index (χ3v) is 6.93. The van der Waals surface area contributed by atoms with Crippen molar-refractivity contribution in [2.45, 2.75) is 50.9 Å². The van der Waals surface area contributed by atoms with E-state index < -0.39 is 12.2 Å². The number of aliphatic carboxylic acids is 1. The summed E-state index contributed by atoms with van der Waals surface area (Å²) in [6, 6.07) is 13.9. The average molecular weight is 461 g/mol. The second kappa shape index (κ2) is 8.75. The molecule has 3 aliphatic rings. The molecule has 0 saturated carbocycles.